The normalized spacial score (nSPS) is 13.5. The number of amides is 1. The quantitative estimate of drug-likeness (QED) is 0.637. The molecule has 0 saturated carbocycles. The number of para-hydroxylation sites is 1. The van der Waals surface area contributed by atoms with Crippen LogP contribution in [0.4, 0.5) is 17.1 Å². The molecule has 3 rings (SSSR count). The summed E-state index contributed by atoms with van der Waals surface area (Å²) in [5.41, 5.74) is 0.997. The predicted molar refractivity (Wildman–Crippen MR) is 102 cm³/mol. The average Bonchev–Trinajstić information content (AvgIpc) is 2.84. The van der Waals surface area contributed by atoms with Crippen LogP contribution in [0.3, 0.4) is 0 Å². The van der Waals surface area contributed by atoms with Gasteiger partial charge in [-0.2, -0.15) is 0 Å². The van der Waals surface area contributed by atoms with Crippen molar-refractivity contribution in [2.45, 2.75) is 11.3 Å². The fourth-order valence-corrected chi connectivity index (χ4v) is 3.83. The lowest BCUT2D eigenvalue weighted by Crippen LogP contribution is -2.34. The lowest BCUT2D eigenvalue weighted by Gasteiger charge is -2.23. The van der Waals surface area contributed by atoms with Gasteiger partial charge >= 0.3 is 0 Å². The van der Waals surface area contributed by atoms with Gasteiger partial charge in [0, 0.05) is 11.4 Å². The van der Waals surface area contributed by atoms with Crippen LogP contribution in [0, 0.1) is 10.1 Å². The lowest BCUT2D eigenvalue weighted by molar-refractivity contribution is -0.384. The Morgan fingerprint density at radius 1 is 1.35 bits per heavy atom. The number of fused-ring (bicyclic) bond motifs is 1. The van der Waals surface area contributed by atoms with Crippen LogP contribution >= 0.6 is 11.8 Å². The number of nitrogens with zero attached hydrogens (tertiary/aromatic N) is 2. The summed E-state index contributed by atoms with van der Waals surface area (Å²) in [6.45, 7) is 0.906. The molecule has 2 aromatic rings. The van der Waals surface area contributed by atoms with Crippen LogP contribution in [0.2, 0.25) is 0 Å². The van der Waals surface area contributed by atoms with Gasteiger partial charge in [-0.1, -0.05) is 12.1 Å². The topological polar surface area (TPSA) is 84.7 Å². The Bertz CT molecular complexity index is 828. The van der Waals surface area contributed by atoms with E-state index in [-0.39, 0.29) is 23.8 Å². The van der Waals surface area contributed by atoms with Crippen LogP contribution in [0.1, 0.15) is 6.42 Å². The number of hydrogen-bond donors (Lipinski definition) is 1. The number of thioether (sulfide) groups is 1. The molecule has 0 bridgehead atoms. The van der Waals surface area contributed by atoms with E-state index >= 15 is 0 Å². The summed E-state index contributed by atoms with van der Waals surface area (Å²) >= 11 is 1.78. The summed E-state index contributed by atoms with van der Waals surface area (Å²) in [7, 11) is 1.44. The number of carbonyl (C=O) groups excluding carboxylic acids is 1. The van der Waals surface area contributed by atoms with Crippen LogP contribution < -0.4 is 15.0 Å². The minimum Gasteiger partial charge on any atom is -0.496 e. The fraction of sp³-hybridized carbons (Fsp3) is 0.278. The van der Waals surface area contributed by atoms with Crippen molar-refractivity contribution in [1.29, 1.82) is 0 Å². The van der Waals surface area contributed by atoms with Gasteiger partial charge in [-0.15, -0.1) is 11.8 Å². The van der Waals surface area contributed by atoms with E-state index in [9.17, 15) is 14.9 Å². The molecule has 1 amide bonds. The summed E-state index contributed by atoms with van der Waals surface area (Å²) in [5.74, 6) is 1.08. The number of rotatable bonds is 5. The molecule has 0 aliphatic carbocycles. The number of nitro benzene ring substituents is 1. The van der Waals surface area contributed by atoms with Gasteiger partial charge in [0.05, 0.1) is 30.3 Å². The number of carbonyl (C=O) groups is 1. The zero-order chi connectivity index (χ0) is 18.5. The monoisotopic (exact) mass is 373 g/mol. The third-order valence-electron chi connectivity index (χ3n) is 4.05. The van der Waals surface area contributed by atoms with Crippen LogP contribution in [-0.2, 0) is 4.79 Å². The second kappa shape index (κ2) is 8.09. The van der Waals surface area contributed by atoms with Crippen LogP contribution in [0.15, 0.2) is 47.4 Å². The van der Waals surface area contributed by atoms with E-state index in [1.165, 1.54) is 19.2 Å². The molecule has 0 aromatic heterocycles. The minimum absolute atomic E-state index is 0.140. The predicted octanol–water partition coefficient (Wildman–Crippen LogP) is 3.54. The van der Waals surface area contributed by atoms with E-state index in [4.69, 9.17) is 4.74 Å². The molecule has 0 radical (unpaired) electrons. The zero-order valence-electron chi connectivity index (χ0n) is 14.3. The first-order chi connectivity index (χ1) is 12.6. The number of benzene rings is 2. The second-order valence-electron chi connectivity index (χ2n) is 5.78. The van der Waals surface area contributed by atoms with Crippen LogP contribution in [0.25, 0.3) is 0 Å². The number of nitro groups is 1. The molecule has 26 heavy (non-hydrogen) atoms. The standard InChI is InChI=1S/C18H19N3O4S/c1-25-13-7-8-14(16(11-13)21(23)24)19-18(22)12-20-9-4-10-26-17-6-3-2-5-15(17)20/h2-3,5-8,11H,4,9-10,12H2,1H3,(H,19,22). The van der Waals surface area contributed by atoms with Crippen molar-refractivity contribution in [2.24, 2.45) is 0 Å². The number of anilines is 2. The average molecular weight is 373 g/mol. The molecular weight excluding hydrogens is 354 g/mol. The summed E-state index contributed by atoms with van der Waals surface area (Å²) in [6.07, 6.45) is 0.968. The molecule has 1 aliphatic heterocycles. The SMILES string of the molecule is COc1ccc(NC(=O)CN2CCCSc3ccccc32)c([N+](=O)[O-])c1. The van der Waals surface area contributed by atoms with Crippen molar-refractivity contribution in [3.63, 3.8) is 0 Å². The second-order valence-corrected chi connectivity index (χ2v) is 6.92. The van der Waals surface area contributed by atoms with Gasteiger partial charge in [-0.05, 0) is 36.4 Å². The summed E-state index contributed by atoms with van der Waals surface area (Å²) < 4.78 is 5.01. The number of methoxy groups -OCH3 is 1. The van der Waals surface area contributed by atoms with Crippen molar-refractivity contribution in [3.05, 3.63) is 52.6 Å². The Morgan fingerprint density at radius 3 is 2.92 bits per heavy atom. The van der Waals surface area contributed by atoms with Crippen molar-refractivity contribution >= 4 is 34.7 Å². The van der Waals surface area contributed by atoms with Gasteiger partial charge in [0.15, 0.2) is 0 Å². The van der Waals surface area contributed by atoms with E-state index in [1.807, 2.05) is 29.2 Å². The fourth-order valence-electron chi connectivity index (χ4n) is 2.82. The first-order valence-corrected chi connectivity index (χ1v) is 9.16. The zero-order valence-corrected chi connectivity index (χ0v) is 15.1. The van der Waals surface area contributed by atoms with E-state index in [0.717, 1.165) is 29.3 Å². The number of ether oxygens (including phenoxy) is 1. The van der Waals surface area contributed by atoms with E-state index in [1.54, 1.807) is 17.8 Å². The van der Waals surface area contributed by atoms with Gasteiger partial charge in [0.1, 0.15) is 11.4 Å². The molecule has 2 aromatic carbocycles. The molecule has 136 valence electrons. The van der Waals surface area contributed by atoms with Crippen LogP contribution in [-0.4, -0.2) is 36.8 Å². The molecule has 7 nitrogen and oxygen atoms in total. The van der Waals surface area contributed by atoms with Crippen molar-refractivity contribution in [1.82, 2.24) is 0 Å². The maximum atomic E-state index is 12.5. The first-order valence-electron chi connectivity index (χ1n) is 8.17. The highest BCUT2D eigenvalue weighted by atomic mass is 32.2. The molecule has 0 atom stereocenters. The number of nitrogens with one attached hydrogen (secondary N) is 1. The van der Waals surface area contributed by atoms with Gasteiger partial charge in [0.25, 0.3) is 5.69 Å². The van der Waals surface area contributed by atoms with Crippen molar-refractivity contribution in [3.8, 4) is 5.75 Å². The first kappa shape index (κ1) is 18.1. The molecule has 1 N–H and O–H groups in total. The van der Waals surface area contributed by atoms with Crippen molar-refractivity contribution in [2.75, 3.05) is 36.2 Å². The highest BCUT2D eigenvalue weighted by Crippen LogP contribution is 2.33. The Balaban J connectivity index is 1.76. The van der Waals surface area contributed by atoms with E-state index < -0.39 is 4.92 Å². The molecule has 1 aliphatic rings. The minimum atomic E-state index is -0.532. The van der Waals surface area contributed by atoms with E-state index in [0.29, 0.717) is 5.75 Å². The highest BCUT2D eigenvalue weighted by molar-refractivity contribution is 7.99. The van der Waals surface area contributed by atoms with Gasteiger partial charge < -0.3 is 15.0 Å². The number of hydrogen-bond acceptors (Lipinski definition) is 6. The molecule has 0 unspecified atom stereocenters. The Morgan fingerprint density at radius 2 is 2.15 bits per heavy atom. The summed E-state index contributed by atoms with van der Waals surface area (Å²) in [5, 5.41) is 13.9. The molecule has 1 heterocycles. The Labute approximate surface area is 155 Å². The maximum absolute atomic E-state index is 12.5. The maximum Gasteiger partial charge on any atom is 0.296 e. The van der Waals surface area contributed by atoms with Gasteiger partial charge in [0.2, 0.25) is 5.91 Å². The molecule has 8 heteroatoms. The third-order valence-corrected chi connectivity index (χ3v) is 5.20. The van der Waals surface area contributed by atoms with Crippen LogP contribution in [0.5, 0.6) is 5.75 Å². The molecule has 0 fully saturated rings. The lowest BCUT2D eigenvalue weighted by atomic mass is 10.2. The summed E-state index contributed by atoms with van der Waals surface area (Å²) in [6, 6.07) is 12.3. The van der Waals surface area contributed by atoms with E-state index in [2.05, 4.69) is 5.32 Å². The third kappa shape index (κ3) is 4.08. The highest BCUT2D eigenvalue weighted by Gasteiger charge is 2.21. The van der Waals surface area contributed by atoms with Gasteiger partial charge in [-0.3, -0.25) is 14.9 Å². The smallest absolute Gasteiger partial charge is 0.296 e. The molecular formula is C18H19N3O4S. The Hall–Kier alpha value is -2.74. The summed E-state index contributed by atoms with van der Waals surface area (Å²) in [4.78, 5) is 26.4. The largest absolute Gasteiger partial charge is 0.496 e. The van der Waals surface area contributed by atoms with Crippen molar-refractivity contribution < 1.29 is 14.5 Å². The Kier molecular flexibility index (Phi) is 5.62. The van der Waals surface area contributed by atoms with Gasteiger partial charge in [-0.25, -0.2) is 0 Å². The molecule has 0 saturated heterocycles. The molecule has 0 spiro atoms.